The molecule has 2 N–H and O–H groups in total. The molecule has 1 aromatic rings. The molecular formula is C13H17NO4. The van der Waals surface area contributed by atoms with E-state index in [1.807, 2.05) is 0 Å². The average molecular weight is 251 g/mol. The molecule has 0 aliphatic carbocycles. The lowest BCUT2D eigenvalue weighted by Crippen LogP contribution is -2.57. The molecule has 0 radical (unpaired) electrons. The number of amides is 1. The zero-order chi connectivity index (χ0) is 13.6. The van der Waals surface area contributed by atoms with E-state index in [9.17, 15) is 14.7 Å². The third-order valence-electron chi connectivity index (χ3n) is 2.84. The summed E-state index contributed by atoms with van der Waals surface area (Å²) >= 11 is 0. The molecule has 5 nitrogen and oxygen atoms in total. The fraction of sp³-hybridized carbons (Fsp3) is 0.385. The number of methoxy groups -OCH3 is 1. The van der Waals surface area contributed by atoms with Crippen LogP contribution in [-0.4, -0.2) is 36.2 Å². The minimum absolute atomic E-state index is 0.245. The molecule has 18 heavy (non-hydrogen) atoms. The number of esters is 1. The number of hydrogen-bond donors (Lipinski definition) is 2. The number of carbonyl (C=O) groups is 2. The maximum absolute atomic E-state index is 12.0. The van der Waals surface area contributed by atoms with E-state index in [2.05, 4.69) is 10.1 Å². The second-order valence-corrected chi connectivity index (χ2v) is 3.91. The highest BCUT2D eigenvalue weighted by molar-refractivity contribution is 5.98. The maximum Gasteiger partial charge on any atom is 0.334 e. The molecule has 1 amide bonds. The molecule has 0 heterocycles. The van der Waals surface area contributed by atoms with Gasteiger partial charge in [0, 0.05) is 5.56 Å². The van der Waals surface area contributed by atoms with Gasteiger partial charge in [-0.05, 0) is 18.6 Å². The van der Waals surface area contributed by atoms with E-state index in [0.717, 1.165) is 0 Å². The van der Waals surface area contributed by atoms with Crippen LogP contribution >= 0.6 is 0 Å². The molecule has 0 aromatic heterocycles. The molecule has 5 heteroatoms. The van der Waals surface area contributed by atoms with Gasteiger partial charge in [0.25, 0.3) is 5.91 Å². The van der Waals surface area contributed by atoms with Crippen LogP contribution in [0.4, 0.5) is 0 Å². The molecule has 1 atom stereocenters. The van der Waals surface area contributed by atoms with Gasteiger partial charge < -0.3 is 15.2 Å². The molecule has 0 aliphatic rings. The monoisotopic (exact) mass is 251 g/mol. The topological polar surface area (TPSA) is 75.6 Å². The van der Waals surface area contributed by atoms with Crippen LogP contribution in [0, 0.1) is 0 Å². The highest BCUT2D eigenvalue weighted by Gasteiger charge is 2.39. The van der Waals surface area contributed by atoms with E-state index >= 15 is 0 Å². The predicted molar refractivity (Wildman–Crippen MR) is 66.0 cm³/mol. The van der Waals surface area contributed by atoms with Crippen LogP contribution in [0.1, 0.15) is 23.7 Å². The molecule has 0 spiro atoms. The van der Waals surface area contributed by atoms with Crippen LogP contribution in [0.25, 0.3) is 0 Å². The Labute approximate surface area is 106 Å². The largest absolute Gasteiger partial charge is 0.467 e. The quantitative estimate of drug-likeness (QED) is 0.756. The van der Waals surface area contributed by atoms with Gasteiger partial charge >= 0.3 is 5.97 Å². The van der Waals surface area contributed by atoms with E-state index < -0.39 is 24.0 Å². The zero-order valence-electron chi connectivity index (χ0n) is 10.5. The standard InChI is InChI=1S/C13H17NO4/c1-3-13(9-15,12(17)18-2)14-11(16)10-7-5-4-6-8-10/h4-8,15H,3,9H2,1-2H3,(H,14,16)/t13-/m1/s1. The first-order valence-electron chi connectivity index (χ1n) is 5.66. The van der Waals surface area contributed by atoms with Gasteiger partial charge in [0.2, 0.25) is 0 Å². The Balaban J connectivity index is 2.92. The van der Waals surface area contributed by atoms with Gasteiger partial charge in [-0.25, -0.2) is 4.79 Å². The number of carbonyl (C=O) groups excluding carboxylic acids is 2. The number of ether oxygens (including phenoxy) is 1. The SMILES string of the molecule is CC[C@](CO)(NC(=O)c1ccccc1)C(=O)OC. The van der Waals surface area contributed by atoms with E-state index in [1.54, 1.807) is 37.3 Å². The molecule has 0 saturated carbocycles. The van der Waals surface area contributed by atoms with Gasteiger partial charge in [0.05, 0.1) is 13.7 Å². The van der Waals surface area contributed by atoms with Crippen molar-refractivity contribution in [3.63, 3.8) is 0 Å². The number of aliphatic hydroxyl groups excluding tert-OH is 1. The molecule has 0 bridgehead atoms. The van der Waals surface area contributed by atoms with Crippen LogP contribution in [0.15, 0.2) is 30.3 Å². The molecular weight excluding hydrogens is 234 g/mol. The van der Waals surface area contributed by atoms with Gasteiger partial charge in [0.1, 0.15) is 0 Å². The molecule has 0 saturated heterocycles. The van der Waals surface area contributed by atoms with Gasteiger partial charge in [-0.2, -0.15) is 0 Å². The second kappa shape index (κ2) is 6.16. The van der Waals surface area contributed by atoms with Crippen LogP contribution in [0.3, 0.4) is 0 Å². The van der Waals surface area contributed by atoms with Crippen molar-refractivity contribution in [2.45, 2.75) is 18.9 Å². The molecule has 0 fully saturated rings. The van der Waals surface area contributed by atoms with Crippen LogP contribution in [0.5, 0.6) is 0 Å². The Kier molecular flexibility index (Phi) is 4.85. The van der Waals surface area contributed by atoms with Crippen molar-refractivity contribution in [3.8, 4) is 0 Å². The Hall–Kier alpha value is -1.88. The van der Waals surface area contributed by atoms with Crippen molar-refractivity contribution in [1.82, 2.24) is 5.32 Å². The number of rotatable bonds is 5. The number of aliphatic hydroxyl groups is 1. The summed E-state index contributed by atoms with van der Waals surface area (Å²) in [5.41, 5.74) is -0.963. The van der Waals surface area contributed by atoms with E-state index in [1.165, 1.54) is 7.11 Å². The first-order chi connectivity index (χ1) is 8.59. The Morgan fingerprint density at radius 1 is 1.33 bits per heavy atom. The molecule has 0 unspecified atom stereocenters. The molecule has 98 valence electrons. The molecule has 1 rings (SSSR count). The summed E-state index contributed by atoms with van der Waals surface area (Å²) in [6.45, 7) is 1.19. The minimum Gasteiger partial charge on any atom is -0.467 e. The Morgan fingerprint density at radius 3 is 2.39 bits per heavy atom. The summed E-state index contributed by atoms with van der Waals surface area (Å²) in [7, 11) is 1.22. The smallest absolute Gasteiger partial charge is 0.334 e. The van der Waals surface area contributed by atoms with E-state index in [-0.39, 0.29) is 6.42 Å². The Bertz CT molecular complexity index is 412. The van der Waals surface area contributed by atoms with E-state index in [4.69, 9.17) is 0 Å². The maximum atomic E-state index is 12.0. The highest BCUT2D eigenvalue weighted by atomic mass is 16.5. The lowest BCUT2D eigenvalue weighted by atomic mass is 9.96. The fourth-order valence-corrected chi connectivity index (χ4v) is 1.57. The highest BCUT2D eigenvalue weighted by Crippen LogP contribution is 2.13. The third-order valence-corrected chi connectivity index (χ3v) is 2.84. The van der Waals surface area contributed by atoms with Crippen LogP contribution in [0.2, 0.25) is 0 Å². The second-order valence-electron chi connectivity index (χ2n) is 3.91. The van der Waals surface area contributed by atoms with Crippen LogP contribution < -0.4 is 5.32 Å². The zero-order valence-corrected chi connectivity index (χ0v) is 10.5. The normalized spacial score (nSPS) is 13.5. The first-order valence-corrected chi connectivity index (χ1v) is 5.66. The summed E-state index contributed by atoms with van der Waals surface area (Å²) in [4.78, 5) is 23.6. The molecule has 1 aromatic carbocycles. The number of nitrogens with one attached hydrogen (secondary N) is 1. The van der Waals surface area contributed by atoms with Crippen molar-refractivity contribution in [3.05, 3.63) is 35.9 Å². The van der Waals surface area contributed by atoms with Gasteiger partial charge in [-0.3, -0.25) is 4.79 Å². The summed E-state index contributed by atoms with van der Waals surface area (Å²) in [5, 5.41) is 11.9. The Morgan fingerprint density at radius 2 is 1.94 bits per heavy atom. The van der Waals surface area contributed by atoms with Crippen molar-refractivity contribution in [1.29, 1.82) is 0 Å². The van der Waals surface area contributed by atoms with Gasteiger partial charge in [-0.15, -0.1) is 0 Å². The summed E-state index contributed by atoms with van der Waals surface area (Å²) < 4.78 is 4.62. The lowest BCUT2D eigenvalue weighted by molar-refractivity contribution is -0.150. The minimum atomic E-state index is -1.39. The van der Waals surface area contributed by atoms with Crippen molar-refractivity contribution in [2.75, 3.05) is 13.7 Å². The average Bonchev–Trinajstić information content (AvgIpc) is 2.44. The first kappa shape index (κ1) is 14.2. The lowest BCUT2D eigenvalue weighted by Gasteiger charge is -2.28. The number of hydrogen-bond acceptors (Lipinski definition) is 4. The fourth-order valence-electron chi connectivity index (χ4n) is 1.57. The van der Waals surface area contributed by atoms with Crippen molar-refractivity contribution in [2.24, 2.45) is 0 Å². The summed E-state index contributed by atoms with van der Waals surface area (Å²) in [6.07, 6.45) is 0.245. The van der Waals surface area contributed by atoms with Crippen LogP contribution in [-0.2, 0) is 9.53 Å². The van der Waals surface area contributed by atoms with Gasteiger partial charge in [0.15, 0.2) is 5.54 Å². The van der Waals surface area contributed by atoms with Crippen molar-refractivity contribution >= 4 is 11.9 Å². The number of benzene rings is 1. The van der Waals surface area contributed by atoms with Gasteiger partial charge in [-0.1, -0.05) is 25.1 Å². The summed E-state index contributed by atoms with van der Waals surface area (Å²) in [5.74, 6) is -1.08. The van der Waals surface area contributed by atoms with Crippen molar-refractivity contribution < 1.29 is 19.4 Å². The predicted octanol–water partition coefficient (Wildman–Crippen LogP) is 0.731. The third kappa shape index (κ3) is 2.87. The van der Waals surface area contributed by atoms with E-state index in [0.29, 0.717) is 5.56 Å². The molecule has 0 aliphatic heterocycles. The summed E-state index contributed by atoms with van der Waals surface area (Å²) in [6, 6.07) is 8.49.